The van der Waals surface area contributed by atoms with Crippen molar-refractivity contribution in [1.82, 2.24) is 14.9 Å². The molecule has 4 nitrogen and oxygen atoms in total. The van der Waals surface area contributed by atoms with Gasteiger partial charge in [-0.3, -0.25) is 4.79 Å². The van der Waals surface area contributed by atoms with Gasteiger partial charge in [0.2, 0.25) is 5.91 Å². The number of nitrogens with one attached hydrogen (secondary N) is 1. The molecule has 1 N–H and O–H groups in total. The summed E-state index contributed by atoms with van der Waals surface area (Å²) in [5.41, 5.74) is 2.38. The molecule has 1 aliphatic carbocycles. The minimum absolute atomic E-state index is 0.0270. The van der Waals surface area contributed by atoms with Crippen LogP contribution in [0, 0.1) is 0 Å². The Morgan fingerprint density at radius 3 is 2.87 bits per heavy atom. The van der Waals surface area contributed by atoms with Crippen LogP contribution in [-0.2, 0) is 11.3 Å². The zero-order chi connectivity index (χ0) is 16.1. The number of allylic oxidation sites excluding steroid dienone is 1. The number of hydrogen-bond acceptors (Lipinski definition) is 2. The van der Waals surface area contributed by atoms with Crippen LogP contribution in [0.5, 0.6) is 0 Å². The van der Waals surface area contributed by atoms with E-state index < -0.39 is 0 Å². The standard InChI is InChI=1S/C19H23N3O/c1-15(16-8-4-2-5-9-16)21-18(23)14-22-13-12-20-19(22)17-10-6-3-7-11-17/h3,6-8,10-13,15H,2,4-5,9,14H2,1H3,(H,21,23). The van der Waals surface area contributed by atoms with E-state index in [1.807, 2.05) is 41.1 Å². The number of benzene rings is 1. The smallest absolute Gasteiger partial charge is 0.240 e. The highest BCUT2D eigenvalue weighted by Crippen LogP contribution is 2.20. The first-order chi connectivity index (χ1) is 11.2. The van der Waals surface area contributed by atoms with Gasteiger partial charge in [0.1, 0.15) is 12.4 Å². The highest BCUT2D eigenvalue weighted by atomic mass is 16.2. The van der Waals surface area contributed by atoms with Gasteiger partial charge in [-0.05, 0) is 32.6 Å². The van der Waals surface area contributed by atoms with E-state index in [1.165, 1.54) is 18.4 Å². The van der Waals surface area contributed by atoms with Gasteiger partial charge in [0.05, 0.1) is 0 Å². The zero-order valence-electron chi connectivity index (χ0n) is 13.5. The topological polar surface area (TPSA) is 46.9 Å². The summed E-state index contributed by atoms with van der Waals surface area (Å²) in [6, 6.07) is 10.1. The molecule has 0 spiro atoms. The van der Waals surface area contributed by atoms with E-state index in [2.05, 4.69) is 23.3 Å². The van der Waals surface area contributed by atoms with Crippen molar-refractivity contribution in [2.75, 3.05) is 0 Å². The fourth-order valence-electron chi connectivity index (χ4n) is 3.08. The van der Waals surface area contributed by atoms with Crippen molar-refractivity contribution in [3.05, 3.63) is 54.4 Å². The SMILES string of the molecule is CC(NC(=O)Cn1ccnc1-c1ccccc1)C1=CCCCC1. The van der Waals surface area contributed by atoms with Crippen molar-refractivity contribution >= 4 is 5.91 Å². The molecule has 2 aromatic rings. The van der Waals surface area contributed by atoms with Crippen LogP contribution in [0.1, 0.15) is 32.6 Å². The Morgan fingerprint density at radius 2 is 2.13 bits per heavy atom. The molecule has 0 saturated carbocycles. The van der Waals surface area contributed by atoms with Gasteiger partial charge in [-0.25, -0.2) is 4.98 Å². The molecule has 1 heterocycles. The number of nitrogens with zero attached hydrogens (tertiary/aromatic N) is 2. The summed E-state index contributed by atoms with van der Waals surface area (Å²) in [6.07, 6.45) is 10.6. The molecular formula is C19H23N3O. The molecule has 1 aromatic carbocycles. The molecule has 23 heavy (non-hydrogen) atoms. The average Bonchev–Trinajstić information content (AvgIpc) is 3.04. The van der Waals surface area contributed by atoms with Crippen LogP contribution in [0.3, 0.4) is 0 Å². The maximum Gasteiger partial charge on any atom is 0.240 e. The van der Waals surface area contributed by atoms with Crippen LogP contribution in [0.4, 0.5) is 0 Å². The fraction of sp³-hybridized carbons (Fsp3) is 0.368. The molecule has 1 amide bonds. The Labute approximate surface area is 137 Å². The predicted molar refractivity (Wildman–Crippen MR) is 91.8 cm³/mol. The van der Waals surface area contributed by atoms with Crippen molar-refractivity contribution < 1.29 is 4.79 Å². The number of rotatable bonds is 5. The second-order valence-electron chi connectivity index (χ2n) is 6.06. The van der Waals surface area contributed by atoms with Crippen LogP contribution in [-0.4, -0.2) is 21.5 Å². The number of carbonyl (C=O) groups excluding carboxylic acids is 1. The monoisotopic (exact) mass is 309 g/mol. The van der Waals surface area contributed by atoms with Crippen molar-refractivity contribution in [1.29, 1.82) is 0 Å². The Balaban J connectivity index is 1.65. The fourth-order valence-corrected chi connectivity index (χ4v) is 3.08. The zero-order valence-corrected chi connectivity index (χ0v) is 13.5. The van der Waals surface area contributed by atoms with E-state index in [-0.39, 0.29) is 11.9 Å². The van der Waals surface area contributed by atoms with Gasteiger partial charge < -0.3 is 9.88 Å². The lowest BCUT2D eigenvalue weighted by Gasteiger charge is -2.21. The van der Waals surface area contributed by atoms with Crippen LogP contribution < -0.4 is 5.32 Å². The summed E-state index contributed by atoms with van der Waals surface area (Å²) < 4.78 is 1.90. The van der Waals surface area contributed by atoms with Crippen LogP contribution in [0.15, 0.2) is 54.4 Å². The van der Waals surface area contributed by atoms with Gasteiger partial charge in [0.25, 0.3) is 0 Å². The molecule has 3 rings (SSSR count). The summed E-state index contributed by atoms with van der Waals surface area (Å²) in [4.78, 5) is 16.7. The molecule has 4 heteroatoms. The molecule has 1 unspecified atom stereocenters. The van der Waals surface area contributed by atoms with E-state index in [0.717, 1.165) is 24.2 Å². The first kappa shape index (κ1) is 15.5. The molecular weight excluding hydrogens is 286 g/mol. The Bertz CT molecular complexity index is 688. The predicted octanol–water partition coefficient (Wildman–Crippen LogP) is 3.56. The van der Waals surface area contributed by atoms with Crippen LogP contribution in [0.2, 0.25) is 0 Å². The van der Waals surface area contributed by atoms with Crippen molar-refractivity contribution in [2.45, 2.75) is 45.2 Å². The van der Waals surface area contributed by atoms with Gasteiger partial charge in [0.15, 0.2) is 0 Å². The third-order valence-electron chi connectivity index (χ3n) is 4.32. The van der Waals surface area contributed by atoms with E-state index in [0.29, 0.717) is 6.54 Å². The van der Waals surface area contributed by atoms with E-state index in [4.69, 9.17) is 0 Å². The normalized spacial score (nSPS) is 15.8. The third kappa shape index (κ3) is 3.89. The summed E-state index contributed by atoms with van der Waals surface area (Å²) >= 11 is 0. The molecule has 120 valence electrons. The maximum absolute atomic E-state index is 12.4. The summed E-state index contributed by atoms with van der Waals surface area (Å²) in [7, 11) is 0. The molecule has 0 fully saturated rings. The van der Waals surface area contributed by atoms with Gasteiger partial charge in [0, 0.05) is 24.0 Å². The molecule has 1 aromatic heterocycles. The van der Waals surface area contributed by atoms with Crippen molar-refractivity contribution in [2.24, 2.45) is 0 Å². The first-order valence-corrected chi connectivity index (χ1v) is 8.29. The number of hydrogen-bond donors (Lipinski definition) is 1. The first-order valence-electron chi connectivity index (χ1n) is 8.29. The summed E-state index contributed by atoms with van der Waals surface area (Å²) in [6.45, 7) is 2.36. The summed E-state index contributed by atoms with van der Waals surface area (Å²) in [5.74, 6) is 0.851. The second-order valence-corrected chi connectivity index (χ2v) is 6.06. The molecule has 1 aliphatic rings. The Hall–Kier alpha value is -2.36. The Morgan fingerprint density at radius 1 is 1.30 bits per heavy atom. The lowest BCUT2D eigenvalue weighted by Crippen LogP contribution is -2.36. The highest BCUT2D eigenvalue weighted by molar-refractivity contribution is 5.77. The third-order valence-corrected chi connectivity index (χ3v) is 4.32. The van der Waals surface area contributed by atoms with E-state index >= 15 is 0 Å². The number of amides is 1. The molecule has 0 saturated heterocycles. The average molecular weight is 309 g/mol. The lowest BCUT2D eigenvalue weighted by molar-refractivity contribution is -0.122. The van der Waals surface area contributed by atoms with Gasteiger partial charge >= 0.3 is 0 Å². The maximum atomic E-state index is 12.4. The Kier molecular flexibility index (Phi) is 4.91. The molecule has 0 bridgehead atoms. The van der Waals surface area contributed by atoms with E-state index in [1.54, 1.807) is 6.20 Å². The minimum atomic E-state index is 0.0270. The van der Waals surface area contributed by atoms with Crippen molar-refractivity contribution in [3.63, 3.8) is 0 Å². The number of imidazole rings is 1. The van der Waals surface area contributed by atoms with Gasteiger partial charge in [-0.2, -0.15) is 0 Å². The molecule has 1 atom stereocenters. The highest BCUT2D eigenvalue weighted by Gasteiger charge is 2.15. The van der Waals surface area contributed by atoms with Gasteiger partial charge in [-0.1, -0.05) is 42.0 Å². The van der Waals surface area contributed by atoms with E-state index in [9.17, 15) is 4.79 Å². The minimum Gasteiger partial charge on any atom is -0.348 e. The largest absolute Gasteiger partial charge is 0.348 e. The van der Waals surface area contributed by atoms with Gasteiger partial charge in [-0.15, -0.1) is 0 Å². The summed E-state index contributed by atoms with van der Waals surface area (Å²) in [5, 5.41) is 3.11. The van der Waals surface area contributed by atoms with Crippen LogP contribution >= 0.6 is 0 Å². The van der Waals surface area contributed by atoms with Crippen molar-refractivity contribution in [3.8, 4) is 11.4 Å². The number of carbonyl (C=O) groups is 1. The second kappa shape index (κ2) is 7.27. The van der Waals surface area contributed by atoms with Crippen LogP contribution in [0.25, 0.3) is 11.4 Å². The lowest BCUT2D eigenvalue weighted by atomic mass is 9.95. The molecule has 0 aliphatic heterocycles. The quantitative estimate of drug-likeness (QED) is 0.859. The number of aromatic nitrogens is 2. The molecule has 0 radical (unpaired) electrons.